The summed E-state index contributed by atoms with van der Waals surface area (Å²) in [5.41, 5.74) is 0.729. The Hall–Kier alpha value is -2.24. The van der Waals surface area contributed by atoms with Crippen molar-refractivity contribution in [1.82, 2.24) is 5.32 Å². The van der Waals surface area contributed by atoms with Crippen LogP contribution in [0.5, 0.6) is 11.5 Å². The predicted octanol–water partition coefficient (Wildman–Crippen LogP) is 1.09. The zero-order chi connectivity index (χ0) is 14.8. The molecule has 3 rings (SSSR count). The van der Waals surface area contributed by atoms with Gasteiger partial charge in [-0.3, -0.25) is 9.59 Å². The van der Waals surface area contributed by atoms with E-state index < -0.39 is 6.04 Å². The van der Waals surface area contributed by atoms with Crippen LogP contribution in [0.3, 0.4) is 0 Å². The van der Waals surface area contributed by atoms with Crippen LogP contribution in [0.4, 0.5) is 5.69 Å². The van der Waals surface area contributed by atoms with Crippen molar-refractivity contribution in [2.75, 3.05) is 24.7 Å². The lowest BCUT2D eigenvalue weighted by Crippen LogP contribution is -2.42. The number of rotatable bonds is 1. The lowest BCUT2D eigenvalue weighted by molar-refractivity contribution is -0.125. The first-order valence-corrected chi connectivity index (χ1v) is 7.15. The van der Waals surface area contributed by atoms with Crippen molar-refractivity contribution in [1.29, 1.82) is 0 Å². The first-order valence-electron chi connectivity index (χ1n) is 7.15. The normalized spacial score (nSPS) is 22.3. The Kier molecular flexibility index (Phi) is 3.68. The fourth-order valence-corrected chi connectivity index (χ4v) is 2.51. The van der Waals surface area contributed by atoms with Gasteiger partial charge >= 0.3 is 0 Å². The Bertz CT molecular complexity index is 573. The zero-order valence-electron chi connectivity index (χ0n) is 11.9. The molecule has 1 N–H and O–H groups in total. The van der Waals surface area contributed by atoms with Gasteiger partial charge in [-0.15, -0.1) is 0 Å². The standard InChI is InChI=1S/C15H18N2O4/c1-10-15(19)17(6-5-14(18)16-10)11-3-4-12-13(9-11)21-8-2-7-20-12/h3-4,9-10H,2,5-8H2,1H3,(H,16,18). The molecule has 2 amide bonds. The van der Waals surface area contributed by atoms with Crippen molar-refractivity contribution in [2.45, 2.75) is 25.8 Å². The smallest absolute Gasteiger partial charge is 0.249 e. The second-order valence-electron chi connectivity index (χ2n) is 5.21. The number of hydrogen-bond donors (Lipinski definition) is 1. The van der Waals surface area contributed by atoms with Crippen LogP contribution in [-0.4, -0.2) is 37.6 Å². The van der Waals surface area contributed by atoms with Gasteiger partial charge in [0.1, 0.15) is 6.04 Å². The van der Waals surface area contributed by atoms with Crippen molar-refractivity contribution in [3.63, 3.8) is 0 Å². The number of anilines is 1. The summed E-state index contributed by atoms with van der Waals surface area (Å²) in [7, 11) is 0. The van der Waals surface area contributed by atoms with E-state index in [4.69, 9.17) is 9.47 Å². The molecular weight excluding hydrogens is 272 g/mol. The Morgan fingerprint density at radius 2 is 1.95 bits per heavy atom. The van der Waals surface area contributed by atoms with E-state index in [0.29, 0.717) is 37.7 Å². The Labute approximate surface area is 123 Å². The molecule has 1 atom stereocenters. The number of carbonyl (C=O) groups is 2. The first-order chi connectivity index (χ1) is 10.1. The Balaban J connectivity index is 1.90. The molecule has 1 aromatic carbocycles. The lowest BCUT2D eigenvalue weighted by Gasteiger charge is -2.23. The molecule has 6 heteroatoms. The van der Waals surface area contributed by atoms with Crippen LogP contribution in [0, 0.1) is 0 Å². The van der Waals surface area contributed by atoms with E-state index in [2.05, 4.69) is 5.32 Å². The van der Waals surface area contributed by atoms with Crippen LogP contribution in [0.1, 0.15) is 19.8 Å². The van der Waals surface area contributed by atoms with E-state index in [1.165, 1.54) is 0 Å². The average Bonchev–Trinajstić information content (AvgIpc) is 2.77. The number of nitrogens with zero attached hydrogens (tertiary/aromatic N) is 1. The quantitative estimate of drug-likeness (QED) is 0.840. The molecular formula is C15H18N2O4. The Morgan fingerprint density at radius 1 is 1.19 bits per heavy atom. The van der Waals surface area contributed by atoms with Crippen molar-refractivity contribution in [2.24, 2.45) is 0 Å². The fourth-order valence-electron chi connectivity index (χ4n) is 2.51. The second kappa shape index (κ2) is 5.63. The topological polar surface area (TPSA) is 67.9 Å². The van der Waals surface area contributed by atoms with Crippen LogP contribution in [0.15, 0.2) is 18.2 Å². The van der Waals surface area contributed by atoms with Crippen LogP contribution in [-0.2, 0) is 9.59 Å². The number of nitrogens with one attached hydrogen (secondary N) is 1. The van der Waals surface area contributed by atoms with Gasteiger partial charge in [0.25, 0.3) is 0 Å². The third-order valence-corrected chi connectivity index (χ3v) is 3.62. The van der Waals surface area contributed by atoms with Gasteiger partial charge in [-0.1, -0.05) is 0 Å². The number of hydrogen-bond acceptors (Lipinski definition) is 4. The number of amides is 2. The summed E-state index contributed by atoms with van der Waals surface area (Å²) >= 11 is 0. The molecule has 0 aromatic heterocycles. The van der Waals surface area contributed by atoms with Gasteiger partial charge in [0, 0.05) is 31.1 Å². The summed E-state index contributed by atoms with van der Waals surface area (Å²) in [6.07, 6.45) is 1.13. The molecule has 0 spiro atoms. The van der Waals surface area contributed by atoms with Crippen LogP contribution in [0.2, 0.25) is 0 Å². The first kappa shape index (κ1) is 13.7. The zero-order valence-corrected chi connectivity index (χ0v) is 11.9. The maximum absolute atomic E-state index is 12.4. The monoisotopic (exact) mass is 290 g/mol. The highest BCUT2D eigenvalue weighted by molar-refractivity contribution is 6.01. The molecule has 1 fully saturated rings. The molecule has 6 nitrogen and oxygen atoms in total. The van der Waals surface area contributed by atoms with Gasteiger partial charge in [-0.2, -0.15) is 0 Å². The molecule has 0 bridgehead atoms. The van der Waals surface area contributed by atoms with Gasteiger partial charge in [0.15, 0.2) is 11.5 Å². The SMILES string of the molecule is CC1NC(=O)CCN(c2ccc3c(c2)OCCCO3)C1=O. The fraction of sp³-hybridized carbons (Fsp3) is 0.467. The van der Waals surface area contributed by atoms with Crippen LogP contribution < -0.4 is 19.7 Å². The van der Waals surface area contributed by atoms with E-state index in [-0.39, 0.29) is 11.8 Å². The molecule has 21 heavy (non-hydrogen) atoms. The van der Waals surface area contributed by atoms with E-state index in [1.54, 1.807) is 17.9 Å². The van der Waals surface area contributed by atoms with E-state index in [1.807, 2.05) is 12.1 Å². The van der Waals surface area contributed by atoms with Crippen molar-refractivity contribution < 1.29 is 19.1 Å². The summed E-state index contributed by atoms with van der Waals surface area (Å²) in [5, 5.41) is 2.68. The summed E-state index contributed by atoms with van der Waals surface area (Å²) in [5.74, 6) is 1.12. The molecule has 2 aliphatic rings. The maximum Gasteiger partial charge on any atom is 0.249 e. The predicted molar refractivity (Wildman–Crippen MR) is 76.6 cm³/mol. The number of ether oxygens (including phenoxy) is 2. The van der Waals surface area contributed by atoms with E-state index >= 15 is 0 Å². The molecule has 0 saturated carbocycles. The number of fused-ring (bicyclic) bond motifs is 1. The highest BCUT2D eigenvalue weighted by atomic mass is 16.5. The summed E-state index contributed by atoms with van der Waals surface area (Å²) in [6.45, 7) is 3.29. The minimum atomic E-state index is -0.518. The van der Waals surface area contributed by atoms with Gasteiger partial charge in [-0.05, 0) is 19.1 Å². The average molecular weight is 290 g/mol. The van der Waals surface area contributed by atoms with Crippen LogP contribution in [0.25, 0.3) is 0 Å². The molecule has 0 aliphatic carbocycles. The second-order valence-corrected chi connectivity index (χ2v) is 5.21. The lowest BCUT2D eigenvalue weighted by atomic mass is 10.2. The number of benzene rings is 1. The summed E-state index contributed by atoms with van der Waals surface area (Å²) < 4.78 is 11.2. The van der Waals surface area contributed by atoms with Gasteiger partial charge in [0.05, 0.1) is 13.2 Å². The minimum Gasteiger partial charge on any atom is -0.490 e. The molecule has 1 aromatic rings. The van der Waals surface area contributed by atoms with Gasteiger partial charge < -0.3 is 19.7 Å². The number of carbonyl (C=O) groups excluding carboxylic acids is 2. The van der Waals surface area contributed by atoms with E-state index in [0.717, 1.165) is 12.1 Å². The highest BCUT2D eigenvalue weighted by Crippen LogP contribution is 2.34. The third-order valence-electron chi connectivity index (χ3n) is 3.62. The van der Waals surface area contributed by atoms with Crippen molar-refractivity contribution >= 4 is 17.5 Å². The van der Waals surface area contributed by atoms with Gasteiger partial charge in [-0.25, -0.2) is 0 Å². The highest BCUT2D eigenvalue weighted by Gasteiger charge is 2.28. The Morgan fingerprint density at radius 3 is 2.76 bits per heavy atom. The molecule has 0 radical (unpaired) electrons. The molecule has 1 saturated heterocycles. The molecule has 112 valence electrons. The molecule has 2 heterocycles. The minimum absolute atomic E-state index is 0.104. The third kappa shape index (κ3) is 2.79. The van der Waals surface area contributed by atoms with Crippen molar-refractivity contribution in [3.8, 4) is 11.5 Å². The summed E-state index contributed by atoms with van der Waals surface area (Å²) in [4.78, 5) is 25.5. The molecule has 1 unspecified atom stereocenters. The maximum atomic E-state index is 12.4. The van der Waals surface area contributed by atoms with Gasteiger partial charge in [0.2, 0.25) is 11.8 Å². The van der Waals surface area contributed by atoms with E-state index in [9.17, 15) is 9.59 Å². The summed E-state index contributed by atoms with van der Waals surface area (Å²) in [6, 6.07) is 4.93. The largest absolute Gasteiger partial charge is 0.490 e. The molecule has 2 aliphatic heterocycles. The van der Waals surface area contributed by atoms with Crippen LogP contribution >= 0.6 is 0 Å². The van der Waals surface area contributed by atoms with Crippen molar-refractivity contribution in [3.05, 3.63) is 18.2 Å².